The Morgan fingerprint density at radius 2 is 1.55 bits per heavy atom. The Hall–Kier alpha value is -2.46. The maximum absolute atomic E-state index is 13.9. The minimum atomic E-state index is -4.56. The Morgan fingerprint density at radius 1 is 0.897 bits per heavy atom. The first-order chi connectivity index (χ1) is 13.6. The number of hydrogen-bond donors (Lipinski definition) is 0. The van der Waals surface area contributed by atoms with Gasteiger partial charge in [-0.25, -0.2) is 12.8 Å². The number of carbonyl (C=O) groups excluding carboxylic acids is 1. The largest absolute Gasteiger partial charge is 0.416 e. The summed E-state index contributed by atoms with van der Waals surface area (Å²) >= 11 is 0. The van der Waals surface area contributed by atoms with Crippen molar-refractivity contribution >= 4 is 15.9 Å². The molecule has 0 aliphatic carbocycles. The van der Waals surface area contributed by atoms with Crippen molar-refractivity contribution < 1.29 is 30.8 Å². The molecule has 3 rings (SSSR count). The van der Waals surface area contributed by atoms with Gasteiger partial charge in [-0.2, -0.15) is 17.5 Å². The highest BCUT2D eigenvalue weighted by molar-refractivity contribution is 7.89. The monoisotopic (exact) mass is 430 g/mol. The van der Waals surface area contributed by atoms with E-state index in [1.54, 1.807) is 0 Å². The number of rotatable bonds is 3. The summed E-state index contributed by atoms with van der Waals surface area (Å²) in [5.41, 5.74) is -1.03. The van der Waals surface area contributed by atoms with Gasteiger partial charge in [-0.05, 0) is 42.8 Å². The molecule has 0 saturated carbocycles. The molecule has 0 aromatic heterocycles. The highest BCUT2D eigenvalue weighted by Crippen LogP contribution is 2.30. The van der Waals surface area contributed by atoms with Gasteiger partial charge in [0.25, 0.3) is 5.91 Å². The maximum atomic E-state index is 13.9. The van der Waals surface area contributed by atoms with E-state index in [0.717, 1.165) is 28.6 Å². The Kier molecular flexibility index (Phi) is 5.95. The van der Waals surface area contributed by atoms with Crippen LogP contribution in [0.4, 0.5) is 17.6 Å². The molecule has 156 valence electrons. The van der Waals surface area contributed by atoms with Gasteiger partial charge >= 0.3 is 6.18 Å². The molecule has 0 spiro atoms. The molecular formula is C19H18F4N2O3S. The fourth-order valence-electron chi connectivity index (χ4n) is 3.11. The lowest BCUT2D eigenvalue weighted by molar-refractivity contribution is -0.137. The zero-order valence-corrected chi connectivity index (χ0v) is 16.0. The average molecular weight is 430 g/mol. The van der Waals surface area contributed by atoms with Gasteiger partial charge in [0.05, 0.1) is 16.0 Å². The molecule has 0 bridgehead atoms. The van der Waals surface area contributed by atoms with Gasteiger partial charge in [-0.3, -0.25) is 4.79 Å². The summed E-state index contributed by atoms with van der Waals surface area (Å²) in [5, 5.41) is 0. The number of halogens is 4. The molecule has 0 atom stereocenters. The van der Waals surface area contributed by atoms with Crippen molar-refractivity contribution in [1.82, 2.24) is 9.21 Å². The molecule has 1 saturated heterocycles. The molecule has 0 unspecified atom stereocenters. The average Bonchev–Trinajstić information content (AvgIpc) is 2.94. The Labute approximate surface area is 165 Å². The van der Waals surface area contributed by atoms with Crippen LogP contribution in [0, 0.1) is 5.82 Å². The van der Waals surface area contributed by atoms with Crippen LogP contribution in [0.1, 0.15) is 22.3 Å². The minimum absolute atomic E-state index is 0.0381. The van der Waals surface area contributed by atoms with Crippen LogP contribution in [-0.2, 0) is 16.2 Å². The van der Waals surface area contributed by atoms with Crippen LogP contribution in [-0.4, -0.2) is 49.7 Å². The predicted molar refractivity (Wildman–Crippen MR) is 97.1 cm³/mol. The number of hydrogen-bond acceptors (Lipinski definition) is 3. The molecule has 5 nitrogen and oxygen atoms in total. The lowest BCUT2D eigenvalue weighted by atomic mass is 10.2. The lowest BCUT2D eigenvalue weighted by Crippen LogP contribution is -2.37. The number of sulfonamides is 1. The predicted octanol–water partition coefficient (Wildman–Crippen LogP) is 3.38. The Balaban J connectivity index is 1.74. The van der Waals surface area contributed by atoms with E-state index in [-0.39, 0.29) is 36.6 Å². The smallest absolute Gasteiger partial charge is 0.337 e. The summed E-state index contributed by atoms with van der Waals surface area (Å²) in [4.78, 5) is 13.7. The van der Waals surface area contributed by atoms with Gasteiger partial charge < -0.3 is 4.90 Å². The van der Waals surface area contributed by atoms with Gasteiger partial charge in [-0.1, -0.05) is 12.1 Å². The third-order valence-corrected chi connectivity index (χ3v) is 6.58. The third-order valence-electron chi connectivity index (χ3n) is 4.67. The second-order valence-electron chi connectivity index (χ2n) is 6.55. The number of carbonyl (C=O) groups is 1. The molecule has 1 heterocycles. The first-order valence-electron chi connectivity index (χ1n) is 8.82. The van der Waals surface area contributed by atoms with Crippen molar-refractivity contribution in [3.05, 3.63) is 65.5 Å². The normalized spacial score (nSPS) is 16.5. The first-order valence-corrected chi connectivity index (χ1v) is 10.3. The zero-order valence-electron chi connectivity index (χ0n) is 15.2. The molecule has 0 radical (unpaired) electrons. The summed E-state index contributed by atoms with van der Waals surface area (Å²) in [5.74, 6) is -1.19. The van der Waals surface area contributed by atoms with Crippen LogP contribution >= 0.6 is 0 Å². The van der Waals surface area contributed by atoms with Crippen molar-refractivity contribution in [3.63, 3.8) is 0 Å². The van der Waals surface area contributed by atoms with Crippen LogP contribution in [0.5, 0.6) is 0 Å². The minimum Gasteiger partial charge on any atom is -0.337 e. The van der Waals surface area contributed by atoms with Gasteiger partial charge in [0.15, 0.2) is 0 Å². The van der Waals surface area contributed by atoms with Crippen LogP contribution < -0.4 is 0 Å². The second-order valence-corrected chi connectivity index (χ2v) is 8.49. The molecule has 29 heavy (non-hydrogen) atoms. The fraction of sp³-hybridized carbons (Fsp3) is 0.316. The maximum Gasteiger partial charge on any atom is 0.416 e. The van der Waals surface area contributed by atoms with Gasteiger partial charge in [0.1, 0.15) is 5.82 Å². The molecule has 10 heteroatoms. The summed E-state index contributed by atoms with van der Waals surface area (Å²) in [6, 6.07) is 8.82. The number of benzene rings is 2. The topological polar surface area (TPSA) is 57.7 Å². The lowest BCUT2D eigenvalue weighted by Gasteiger charge is -2.22. The number of alkyl halides is 3. The van der Waals surface area contributed by atoms with Crippen molar-refractivity contribution in [2.75, 3.05) is 26.2 Å². The molecule has 1 fully saturated rings. The summed E-state index contributed by atoms with van der Waals surface area (Å²) in [7, 11) is -4.02. The first kappa shape index (κ1) is 21.3. The second kappa shape index (κ2) is 8.11. The van der Waals surface area contributed by atoms with Crippen molar-refractivity contribution in [3.8, 4) is 0 Å². The van der Waals surface area contributed by atoms with E-state index < -0.39 is 33.5 Å². The Bertz CT molecular complexity index is 991. The standard InChI is InChI=1S/C19H18F4N2O3S/c20-17-5-2-1-4-16(17)18(26)24-10-3-11-25(13-12-24)29(27,28)15-8-6-14(7-9-15)19(21,22)23/h1-2,4-9H,3,10-13H2. The third kappa shape index (κ3) is 4.59. The molecule has 2 aromatic carbocycles. The highest BCUT2D eigenvalue weighted by atomic mass is 32.2. The molecule has 1 aliphatic heterocycles. The van der Waals surface area contributed by atoms with Crippen LogP contribution in [0.2, 0.25) is 0 Å². The Morgan fingerprint density at radius 3 is 2.17 bits per heavy atom. The highest BCUT2D eigenvalue weighted by Gasteiger charge is 2.32. The van der Waals surface area contributed by atoms with E-state index >= 15 is 0 Å². The van der Waals surface area contributed by atoms with Crippen LogP contribution in [0.3, 0.4) is 0 Å². The van der Waals surface area contributed by atoms with Gasteiger partial charge in [0.2, 0.25) is 10.0 Å². The summed E-state index contributed by atoms with van der Waals surface area (Å²) in [6.45, 7) is 0.354. The summed E-state index contributed by atoms with van der Waals surface area (Å²) < 4.78 is 78.6. The molecule has 2 aromatic rings. The number of nitrogens with zero attached hydrogens (tertiary/aromatic N) is 2. The quantitative estimate of drug-likeness (QED) is 0.702. The molecule has 0 N–H and O–H groups in total. The van der Waals surface area contributed by atoms with Gasteiger partial charge in [0, 0.05) is 26.2 Å². The van der Waals surface area contributed by atoms with E-state index in [0.29, 0.717) is 6.42 Å². The summed E-state index contributed by atoms with van der Waals surface area (Å²) in [6.07, 6.45) is -4.24. The number of amides is 1. The molecular weight excluding hydrogens is 412 g/mol. The van der Waals surface area contributed by atoms with Gasteiger partial charge in [-0.15, -0.1) is 0 Å². The molecule has 1 aliphatic rings. The van der Waals surface area contributed by atoms with Crippen molar-refractivity contribution in [2.45, 2.75) is 17.5 Å². The zero-order chi connectivity index (χ0) is 21.2. The van der Waals surface area contributed by atoms with E-state index in [1.807, 2.05) is 0 Å². The van der Waals surface area contributed by atoms with E-state index in [1.165, 1.54) is 29.2 Å². The van der Waals surface area contributed by atoms with Crippen molar-refractivity contribution in [1.29, 1.82) is 0 Å². The van der Waals surface area contributed by atoms with Crippen LogP contribution in [0.15, 0.2) is 53.4 Å². The van der Waals surface area contributed by atoms with E-state index in [9.17, 15) is 30.8 Å². The van der Waals surface area contributed by atoms with Crippen molar-refractivity contribution in [2.24, 2.45) is 0 Å². The fourth-order valence-corrected chi connectivity index (χ4v) is 4.58. The van der Waals surface area contributed by atoms with Crippen LogP contribution in [0.25, 0.3) is 0 Å². The molecule has 1 amide bonds. The SMILES string of the molecule is O=C(c1ccccc1F)N1CCCN(S(=O)(=O)c2ccc(C(F)(F)F)cc2)CC1. The van der Waals surface area contributed by atoms with E-state index in [2.05, 4.69) is 0 Å². The van der Waals surface area contributed by atoms with E-state index in [4.69, 9.17) is 0 Å².